The van der Waals surface area contributed by atoms with Crippen LogP contribution in [0.25, 0.3) is 0 Å². The molecule has 2 rings (SSSR count). The van der Waals surface area contributed by atoms with Gasteiger partial charge in [0.15, 0.2) is 0 Å². The third-order valence-corrected chi connectivity index (χ3v) is 2.96. The van der Waals surface area contributed by atoms with Crippen molar-refractivity contribution in [2.24, 2.45) is 5.73 Å². The summed E-state index contributed by atoms with van der Waals surface area (Å²) in [5.41, 5.74) is 7.30. The van der Waals surface area contributed by atoms with Crippen molar-refractivity contribution in [2.75, 3.05) is 13.1 Å². The molecule has 92 valence electrons. The van der Waals surface area contributed by atoms with E-state index >= 15 is 0 Å². The Bertz CT molecular complexity index is 292. The molecule has 1 heterocycles. The van der Waals surface area contributed by atoms with Crippen molar-refractivity contribution in [3.05, 3.63) is 48.7 Å². The number of rotatable bonds is 2. The van der Waals surface area contributed by atoms with E-state index in [1.165, 1.54) is 5.56 Å². The first-order chi connectivity index (χ1) is 7.84. The van der Waals surface area contributed by atoms with Crippen LogP contribution in [0, 0.1) is 12.8 Å². The number of hydrogen-bond acceptors (Lipinski definition) is 2. The monoisotopic (exact) mass is 400 g/mol. The van der Waals surface area contributed by atoms with E-state index in [0.717, 1.165) is 32.5 Å². The Balaban J connectivity index is 0.00000144. The molecule has 0 saturated carbocycles. The molecule has 1 aliphatic heterocycles. The quantitative estimate of drug-likeness (QED) is 0.770. The van der Waals surface area contributed by atoms with Crippen molar-refractivity contribution in [3.63, 3.8) is 0 Å². The van der Waals surface area contributed by atoms with Crippen LogP contribution in [0.5, 0.6) is 0 Å². The maximum Gasteiger partial charge on any atom is 2.00 e. The predicted molar refractivity (Wildman–Crippen MR) is 67.5 cm³/mol. The molecule has 0 radical (unpaired) electrons. The van der Waals surface area contributed by atoms with Crippen LogP contribution in [-0.4, -0.2) is 24.0 Å². The van der Waals surface area contributed by atoms with Crippen LogP contribution in [0.3, 0.4) is 0 Å². The second-order valence-electron chi connectivity index (χ2n) is 4.49. The summed E-state index contributed by atoms with van der Waals surface area (Å²) in [5, 5.41) is 0. The maximum absolute atomic E-state index is 5.92. The molecule has 0 spiro atoms. The van der Waals surface area contributed by atoms with E-state index in [9.17, 15) is 0 Å². The summed E-state index contributed by atoms with van der Waals surface area (Å²) in [7, 11) is 0. The topological polar surface area (TPSA) is 29.3 Å². The SMILES string of the molecule is NC1C[CH-]CN(Cc2ccccc2)C[CH-]C1.[W+2]. The minimum Gasteiger partial charge on any atom is -0.358 e. The first-order valence-electron chi connectivity index (χ1n) is 6.00. The first-order valence-corrected chi connectivity index (χ1v) is 6.00. The summed E-state index contributed by atoms with van der Waals surface area (Å²) in [6.45, 7) is 3.11. The molecule has 17 heavy (non-hydrogen) atoms. The molecule has 0 aliphatic carbocycles. The molecule has 0 aromatic heterocycles. The summed E-state index contributed by atoms with van der Waals surface area (Å²) >= 11 is 0. The predicted octanol–water partition coefficient (Wildman–Crippen LogP) is 2.02. The molecule has 1 aromatic carbocycles. The average molecular weight is 400 g/mol. The Morgan fingerprint density at radius 3 is 2.29 bits per heavy atom. The minimum absolute atomic E-state index is 0. The zero-order valence-electron chi connectivity index (χ0n) is 10.1. The molecule has 0 unspecified atom stereocenters. The van der Waals surface area contributed by atoms with Crippen LogP contribution < -0.4 is 5.73 Å². The van der Waals surface area contributed by atoms with E-state index in [2.05, 4.69) is 48.1 Å². The molecular formula is C14H20N2W. The summed E-state index contributed by atoms with van der Waals surface area (Å²) in [6, 6.07) is 11.0. The fourth-order valence-corrected chi connectivity index (χ4v) is 2.08. The van der Waals surface area contributed by atoms with Gasteiger partial charge in [0.25, 0.3) is 0 Å². The van der Waals surface area contributed by atoms with Gasteiger partial charge in [0.2, 0.25) is 0 Å². The maximum atomic E-state index is 5.92. The molecule has 1 aliphatic rings. The van der Waals surface area contributed by atoms with E-state index < -0.39 is 0 Å². The second kappa shape index (κ2) is 8.02. The summed E-state index contributed by atoms with van der Waals surface area (Å²) < 4.78 is 0. The largest absolute Gasteiger partial charge is 2.00 e. The number of likely N-dealkylation sites (tertiary alicyclic amines) is 1. The van der Waals surface area contributed by atoms with Crippen LogP contribution in [-0.2, 0) is 27.6 Å². The van der Waals surface area contributed by atoms with Crippen LogP contribution in [0.4, 0.5) is 0 Å². The van der Waals surface area contributed by atoms with Crippen molar-refractivity contribution < 1.29 is 21.1 Å². The van der Waals surface area contributed by atoms with Gasteiger partial charge in [-0.15, -0.1) is 13.1 Å². The van der Waals surface area contributed by atoms with Gasteiger partial charge < -0.3 is 23.5 Å². The van der Waals surface area contributed by atoms with Crippen LogP contribution in [0.1, 0.15) is 18.4 Å². The Kier molecular flexibility index (Phi) is 7.03. The van der Waals surface area contributed by atoms with Crippen molar-refractivity contribution in [3.8, 4) is 0 Å². The van der Waals surface area contributed by atoms with E-state index in [1.54, 1.807) is 0 Å². The van der Waals surface area contributed by atoms with Crippen molar-refractivity contribution in [1.82, 2.24) is 4.90 Å². The Hall–Kier alpha value is -0.172. The molecule has 1 fully saturated rings. The fourth-order valence-electron chi connectivity index (χ4n) is 2.08. The van der Waals surface area contributed by atoms with Gasteiger partial charge in [-0.25, -0.2) is 0 Å². The number of nitrogens with zero attached hydrogens (tertiary/aromatic N) is 1. The Morgan fingerprint density at radius 2 is 1.71 bits per heavy atom. The summed E-state index contributed by atoms with van der Waals surface area (Å²) in [6.07, 6.45) is 6.67. The van der Waals surface area contributed by atoms with Gasteiger partial charge in [0, 0.05) is 6.54 Å². The molecule has 0 bridgehead atoms. The average Bonchev–Trinajstić information content (AvgIpc) is 2.27. The van der Waals surface area contributed by atoms with Gasteiger partial charge in [-0.05, 0) is 5.56 Å². The van der Waals surface area contributed by atoms with E-state index in [0.29, 0.717) is 6.04 Å². The van der Waals surface area contributed by atoms with Gasteiger partial charge in [0.05, 0.1) is 0 Å². The van der Waals surface area contributed by atoms with Gasteiger partial charge in [-0.1, -0.05) is 36.4 Å². The Labute approximate surface area is 119 Å². The molecular weight excluding hydrogens is 380 g/mol. The molecule has 0 atom stereocenters. The van der Waals surface area contributed by atoms with Crippen LogP contribution in [0.2, 0.25) is 0 Å². The van der Waals surface area contributed by atoms with Crippen molar-refractivity contribution in [1.29, 1.82) is 0 Å². The summed E-state index contributed by atoms with van der Waals surface area (Å²) in [5.74, 6) is 0. The van der Waals surface area contributed by atoms with Crippen LogP contribution in [0.15, 0.2) is 30.3 Å². The molecule has 0 amide bonds. The number of nitrogens with two attached hydrogens (primary N) is 1. The zero-order valence-corrected chi connectivity index (χ0v) is 13.0. The van der Waals surface area contributed by atoms with Gasteiger partial charge in [-0.2, -0.15) is 12.8 Å². The molecule has 2 nitrogen and oxygen atoms in total. The Morgan fingerprint density at radius 1 is 1.12 bits per heavy atom. The van der Waals surface area contributed by atoms with Crippen LogP contribution >= 0.6 is 0 Å². The smallest absolute Gasteiger partial charge is 0.358 e. The normalized spacial score (nSPS) is 19.1. The number of hydrogen-bond donors (Lipinski definition) is 1. The molecule has 3 heteroatoms. The molecule has 1 aromatic rings. The molecule has 1 saturated heterocycles. The fraction of sp³-hybridized carbons (Fsp3) is 0.429. The minimum atomic E-state index is 0. The first kappa shape index (κ1) is 14.9. The van der Waals surface area contributed by atoms with Crippen molar-refractivity contribution in [2.45, 2.75) is 25.4 Å². The zero-order chi connectivity index (χ0) is 11.2. The third kappa shape index (κ3) is 5.33. The second-order valence-corrected chi connectivity index (χ2v) is 4.49. The van der Waals surface area contributed by atoms with Gasteiger partial charge >= 0.3 is 21.1 Å². The van der Waals surface area contributed by atoms with Gasteiger partial charge in [0.1, 0.15) is 0 Å². The molecule has 2 N–H and O–H groups in total. The third-order valence-electron chi connectivity index (χ3n) is 2.96. The van der Waals surface area contributed by atoms with E-state index in [4.69, 9.17) is 5.73 Å². The summed E-state index contributed by atoms with van der Waals surface area (Å²) in [4.78, 5) is 2.45. The van der Waals surface area contributed by atoms with Crippen molar-refractivity contribution >= 4 is 0 Å². The van der Waals surface area contributed by atoms with E-state index in [-0.39, 0.29) is 21.1 Å². The number of benzene rings is 1. The standard InChI is InChI=1S/C14H20N2.W/c15-14-8-4-10-16(11-5-9-14)12-13-6-2-1-3-7-13;/h1-7,14H,8-12,15H2;/q-2;+2. The van der Waals surface area contributed by atoms with Gasteiger partial charge in [-0.3, -0.25) is 0 Å². The van der Waals surface area contributed by atoms with E-state index in [1.807, 2.05) is 0 Å².